The minimum Gasteiger partial charge on any atom is -0.295 e. The largest absolute Gasteiger partial charge is 0.295 e. The third-order valence-electron chi connectivity index (χ3n) is 4.88. The molecule has 2 aromatic carbocycles. The average molecular weight is 414 g/mol. The van der Waals surface area contributed by atoms with Gasteiger partial charge in [0.1, 0.15) is 4.90 Å². The van der Waals surface area contributed by atoms with E-state index in [0.717, 1.165) is 20.7 Å². The first-order valence-corrected chi connectivity index (χ1v) is 11.2. The maximum Gasteiger partial charge on any atom is 0.269 e. The maximum absolute atomic E-state index is 12.6. The lowest BCUT2D eigenvalue weighted by molar-refractivity contribution is 0.0876. The van der Waals surface area contributed by atoms with Gasteiger partial charge in [0.2, 0.25) is 0 Å². The molecule has 144 valence electrons. The second-order valence-corrected chi connectivity index (χ2v) is 9.42. The summed E-state index contributed by atoms with van der Waals surface area (Å²) in [6, 6.07) is 12.4. The Morgan fingerprint density at radius 3 is 2.64 bits per heavy atom. The smallest absolute Gasteiger partial charge is 0.269 e. The Hall–Kier alpha value is -2.58. The number of sulfonamides is 1. The van der Waals surface area contributed by atoms with Crippen LogP contribution in [0.1, 0.15) is 21.5 Å². The molecule has 0 atom stereocenters. The zero-order chi connectivity index (χ0) is 19.9. The van der Waals surface area contributed by atoms with E-state index in [9.17, 15) is 13.2 Å². The number of aryl methyl sites for hydroxylation is 1. The Balaban J connectivity index is 1.52. The van der Waals surface area contributed by atoms with Crippen LogP contribution in [0.15, 0.2) is 64.9 Å². The number of thioether (sulfide) groups is 1. The molecule has 28 heavy (non-hydrogen) atoms. The molecule has 0 unspecified atom stereocenters. The van der Waals surface area contributed by atoms with Crippen LogP contribution in [0.3, 0.4) is 0 Å². The molecule has 1 aliphatic rings. The van der Waals surface area contributed by atoms with Crippen molar-refractivity contribution >= 4 is 27.7 Å². The average Bonchev–Trinajstić information content (AvgIpc) is 3.21. The second kappa shape index (κ2) is 7.10. The lowest BCUT2D eigenvalue weighted by Gasteiger charge is -2.15. The highest BCUT2D eigenvalue weighted by molar-refractivity contribution is 7.99. The number of fused-ring (bicyclic) bond motifs is 1. The number of carbonyl (C=O) groups is 1. The summed E-state index contributed by atoms with van der Waals surface area (Å²) in [7, 11) is -3.77. The van der Waals surface area contributed by atoms with E-state index in [1.54, 1.807) is 24.4 Å². The predicted molar refractivity (Wildman–Crippen MR) is 108 cm³/mol. The summed E-state index contributed by atoms with van der Waals surface area (Å²) in [6.07, 6.45) is 3.61. The monoisotopic (exact) mass is 413 g/mol. The maximum atomic E-state index is 12.6. The Morgan fingerprint density at radius 1 is 1.07 bits per heavy atom. The van der Waals surface area contributed by atoms with Gasteiger partial charge in [-0.15, -0.1) is 0 Å². The number of nitrogens with zero attached hydrogens (tertiary/aromatic N) is 3. The minimum absolute atomic E-state index is 0.0851. The molecule has 8 heteroatoms. The number of amides is 1. The van der Waals surface area contributed by atoms with Crippen LogP contribution in [0.25, 0.3) is 5.69 Å². The quantitative estimate of drug-likeness (QED) is 0.599. The van der Waals surface area contributed by atoms with Gasteiger partial charge in [0.15, 0.2) is 5.16 Å². The van der Waals surface area contributed by atoms with Gasteiger partial charge in [0.05, 0.1) is 11.3 Å². The van der Waals surface area contributed by atoms with Crippen LogP contribution in [0.2, 0.25) is 0 Å². The molecule has 1 aromatic heterocycles. The molecule has 3 aromatic rings. The van der Waals surface area contributed by atoms with Gasteiger partial charge >= 0.3 is 0 Å². The fourth-order valence-corrected chi connectivity index (χ4v) is 5.82. The highest BCUT2D eigenvalue weighted by Gasteiger charge is 2.40. The van der Waals surface area contributed by atoms with Crippen molar-refractivity contribution in [2.75, 3.05) is 12.3 Å². The fraction of sp³-hybridized carbons (Fsp3) is 0.200. The van der Waals surface area contributed by atoms with Crippen molar-refractivity contribution in [2.45, 2.75) is 23.9 Å². The van der Waals surface area contributed by atoms with Crippen molar-refractivity contribution in [3.05, 3.63) is 71.5 Å². The number of aromatic nitrogens is 2. The lowest BCUT2D eigenvalue weighted by Crippen LogP contribution is -2.32. The predicted octanol–water partition coefficient (Wildman–Crippen LogP) is 3.43. The van der Waals surface area contributed by atoms with Gasteiger partial charge < -0.3 is 0 Å². The fourth-order valence-electron chi connectivity index (χ4n) is 3.25. The summed E-state index contributed by atoms with van der Waals surface area (Å²) in [4.78, 5) is 17.0. The Bertz CT molecular complexity index is 1170. The van der Waals surface area contributed by atoms with Crippen molar-refractivity contribution in [3.8, 4) is 5.69 Å². The van der Waals surface area contributed by atoms with Gasteiger partial charge in [-0.3, -0.25) is 9.36 Å². The van der Waals surface area contributed by atoms with Gasteiger partial charge in [-0.05, 0) is 43.2 Å². The Morgan fingerprint density at radius 2 is 1.86 bits per heavy atom. The van der Waals surface area contributed by atoms with E-state index in [2.05, 4.69) is 24.9 Å². The zero-order valence-corrected chi connectivity index (χ0v) is 17.1. The second-order valence-electron chi connectivity index (χ2n) is 6.53. The minimum atomic E-state index is -3.77. The van der Waals surface area contributed by atoms with Gasteiger partial charge in [-0.2, -0.15) is 0 Å². The summed E-state index contributed by atoms with van der Waals surface area (Å²) in [5.41, 5.74) is 3.63. The van der Waals surface area contributed by atoms with Crippen LogP contribution in [0, 0.1) is 13.8 Å². The first kappa shape index (κ1) is 18.8. The van der Waals surface area contributed by atoms with Gasteiger partial charge in [0.25, 0.3) is 15.9 Å². The number of carbonyl (C=O) groups excluding carboxylic acids is 1. The number of hydrogen-bond donors (Lipinski definition) is 0. The first-order valence-electron chi connectivity index (χ1n) is 8.80. The molecule has 1 amide bonds. The molecule has 4 rings (SSSR count). The molecule has 0 N–H and O–H groups in total. The molecular formula is C20H19N3O3S2. The molecule has 0 radical (unpaired) electrons. The third-order valence-corrected chi connectivity index (χ3v) is 7.67. The summed E-state index contributed by atoms with van der Waals surface area (Å²) < 4.78 is 28.2. The first-order chi connectivity index (χ1) is 13.4. The molecule has 2 heterocycles. The van der Waals surface area contributed by atoms with Crippen LogP contribution >= 0.6 is 11.8 Å². The molecule has 0 fully saturated rings. The number of rotatable bonds is 5. The van der Waals surface area contributed by atoms with Crippen molar-refractivity contribution < 1.29 is 13.2 Å². The molecule has 0 aliphatic carbocycles. The van der Waals surface area contributed by atoms with E-state index in [-0.39, 0.29) is 17.0 Å². The van der Waals surface area contributed by atoms with Crippen molar-refractivity contribution in [1.82, 2.24) is 13.9 Å². The van der Waals surface area contributed by atoms with E-state index >= 15 is 0 Å². The normalized spacial score (nSPS) is 15.1. The highest BCUT2D eigenvalue weighted by Crippen LogP contribution is 2.31. The van der Waals surface area contributed by atoms with Crippen molar-refractivity contribution in [2.24, 2.45) is 0 Å². The van der Waals surface area contributed by atoms with Crippen LogP contribution in [-0.4, -0.2) is 40.5 Å². The van der Waals surface area contributed by atoms with Crippen molar-refractivity contribution in [3.63, 3.8) is 0 Å². The zero-order valence-electron chi connectivity index (χ0n) is 15.5. The van der Waals surface area contributed by atoms with Crippen molar-refractivity contribution in [1.29, 1.82) is 0 Å². The Kier molecular flexibility index (Phi) is 4.76. The standard InChI is InChI=1S/C20H19N3O3S2/c1-14-6-5-8-17(15(14)2)22-11-10-21-20(22)27-13-12-23-19(24)16-7-3-4-9-18(16)28(23,25)26/h3-11H,12-13H2,1-2H3. The summed E-state index contributed by atoms with van der Waals surface area (Å²) in [5, 5.41) is 0.759. The molecule has 0 saturated heterocycles. The highest BCUT2D eigenvalue weighted by atomic mass is 32.2. The SMILES string of the molecule is Cc1cccc(-n2ccnc2SCCN2C(=O)c3ccccc3S2(=O)=O)c1C. The summed E-state index contributed by atoms with van der Waals surface area (Å²) in [6.45, 7) is 4.22. The van der Waals surface area contributed by atoms with E-state index in [1.165, 1.54) is 23.4 Å². The van der Waals surface area contributed by atoms with E-state index < -0.39 is 15.9 Å². The molecule has 0 saturated carbocycles. The van der Waals surface area contributed by atoms with Crippen LogP contribution in [0.4, 0.5) is 0 Å². The molecule has 0 spiro atoms. The van der Waals surface area contributed by atoms with Crippen LogP contribution in [0.5, 0.6) is 0 Å². The van der Waals surface area contributed by atoms with Gasteiger partial charge in [-0.1, -0.05) is 36.0 Å². The van der Waals surface area contributed by atoms with Crippen LogP contribution in [-0.2, 0) is 10.0 Å². The molecule has 1 aliphatic heterocycles. The van der Waals surface area contributed by atoms with Gasteiger partial charge in [0, 0.05) is 24.7 Å². The summed E-state index contributed by atoms with van der Waals surface area (Å²) in [5.74, 6) is -0.0463. The van der Waals surface area contributed by atoms with Crippen LogP contribution < -0.4 is 0 Å². The Labute approximate surface area is 168 Å². The number of imidazole rings is 1. The lowest BCUT2D eigenvalue weighted by atomic mass is 10.1. The topological polar surface area (TPSA) is 72.3 Å². The molecule has 6 nitrogen and oxygen atoms in total. The summed E-state index contributed by atoms with van der Waals surface area (Å²) >= 11 is 1.42. The molecular weight excluding hydrogens is 394 g/mol. The van der Waals surface area contributed by atoms with E-state index in [1.807, 2.05) is 22.9 Å². The molecule has 0 bridgehead atoms. The van der Waals surface area contributed by atoms with Gasteiger partial charge in [-0.25, -0.2) is 17.7 Å². The number of hydrogen-bond acceptors (Lipinski definition) is 5. The number of benzene rings is 2. The van der Waals surface area contributed by atoms with E-state index in [0.29, 0.717) is 5.75 Å². The van der Waals surface area contributed by atoms with E-state index in [4.69, 9.17) is 0 Å². The third kappa shape index (κ3) is 3.02.